The van der Waals surface area contributed by atoms with Gasteiger partial charge in [-0.15, -0.1) is 0 Å². The monoisotopic (exact) mass is 247 g/mol. The number of alkyl carbamates (subject to hydrolysis) is 1. The van der Waals surface area contributed by atoms with Gasteiger partial charge >= 0.3 is 12.1 Å². The van der Waals surface area contributed by atoms with Crippen LogP contribution in [0.1, 0.15) is 27.7 Å². The normalized spacial score (nSPS) is 14.9. The third-order valence-electron chi connectivity index (χ3n) is 2.00. The predicted molar refractivity (Wildman–Crippen MR) is 61.9 cm³/mol. The van der Waals surface area contributed by atoms with Crippen molar-refractivity contribution in [1.82, 2.24) is 5.32 Å². The maximum atomic E-state index is 11.4. The molecule has 2 N–H and O–H groups in total. The minimum Gasteiger partial charge on any atom is -0.481 e. The fraction of sp³-hybridized carbons (Fsp3) is 0.818. The van der Waals surface area contributed by atoms with E-state index in [1.54, 1.807) is 20.8 Å². The molecular weight excluding hydrogens is 226 g/mol. The van der Waals surface area contributed by atoms with Gasteiger partial charge in [-0.25, -0.2) is 4.79 Å². The molecule has 100 valence electrons. The SMILES string of the molecule is COCC(C)(CNC(=O)OC(C)(C)C)C(=O)O. The van der Waals surface area contributed by atoms with E-state index >= 15 is 0 Å². The van der Waals surface area contributed by atoms with Crippen molar-refractivity contribution in [3.05, 3.63) is 0 Å². The summed E-state index contributed by atoms with van der Waals surface area (Å²) in [6, 6.07) is 0. The van der Waals surface area contributed by atoms with Crippen LogP contribution in [0.2, 0.25) is 0 Å². The summed E-state index contributed by atoms with van der Waals surface area (Å²) in [4.78, 5) is 22.4. The second-order valence-corrected chi connectivity index (χ2v) is 5.15. The molecule has 1 atom stereocenters. The van der Waals surface area contributed by atoms with Crippen molar-refractivity contribution in [2.24, 2.45) is 5.41 Å². The molecule has 0 aliphatic carbocycles. The molecule has 17 heavy (non-hydrogen) atoms. The van der Waals surface area contributed by atoms with E-state index in [0.29, 0.717) is 0 Å². The van der Waals surface area contributed by atoms with E-state index in [4.69, 9.17) is 14.6 Å². The van der Waals surface area contributed by atoms with Crippen molar-refractivity contribution in [3.63, 3.8) is 0 Å². The number of nitrogens with one attached hydrogen (secondary N) is 1. The molecule has 0 aromatic rings. The highest BCUT2D eigenvalue weighted by Gasteiger charge is 2.34. The van der Waals surface area contributed by atoms with Crippen LogP contribution in [0.4, 0.5) is 4.79 Å². The summed E-state index contributed by atoms with van der Waals surface area (Å²) in [5.41, 5.74) is -1.77. The molecule has 0 aromatic carbocycles. The highest BCUT2D eigenvalue weighted by molar-refractivity contribution is 5.76. The van der Waals surface area contributed by atoms with Crippen molar-refractivity contribution in [3.8, 4) is 0 Å². The average Bonchev–Trinajstić information content (AvgIpc) is 2.12. The maximum Gasteiger partial charge on any atom is 0.407 e. The Bertz CT molecular complexity index is 284. The first kappa shape index (κ1) is 15.7. The van der Waals surface area contributed by atoms with Gasteiger partial charge in [-0.1, -0.05) is 0 Å². The Kier molecular flexibility index (Phi) is 5.41. The molecular formula is C11H21NO5. The number of aliphatic carboxylic acids is 1. The van der Waals surface area contributed by atoms with Crippen LogP contribution in [0, 0.1) is 5.41 Å². The van der Waals surface area contributed by atoms with Crippen LogP contribution in [0.3, 0.4) is 0 Å². The summed E-state index contributed by atoms with van der Waals surface area (Å²) in [7, 11) is 1.41. The average molecular weight is 247 g/mol. The number of methoxy groups -OCH3 is 1. The Balaban J connectivity index is 4.33. The number of carbonyl (C=O) groups excluding carboxylic acids is 1. The lowest BCUT2D eigenvalue weighted by molar-refractivity contribution is -0.150. The zero-order valence-corrected chi connectivity index (χ0v) is 11.0. The van der Waals surface area contributed by atoms with Crippen molar-refractivity contribution in [2.45, 2.75) is 33.3 Å². The van der Waals surface area contributed by atoms with Crippen LogP contribution >= 0.6 is 0 Å². The lowest BCUT2D eigenvalue weighted by atomic mass is 9.92. The molecule has 0 saturated carbocycles. The van der Waals surface area contributed by atoms with Crippen LogP contribution in [-0.4, -0.2) is 43.0 Å². The second kappa shape index (κ2) is 5.86. The Morgan fingerprint density at radius 2 is 1.76 bits per heavy atom. The molecule has 0 rings (SSSR count). The van der Waals surface area contributed by atoms with E-state index < -0.39 is 23.1 Å². The molecule has 6 nitrogen and oxygen atoms in total. The number of carboxylic acids is 1. The summed E-state index contributed by atoms with van der Waals surface area (Å²) < 4.78 is 9.84. The van der Waals surface area contributed by atoms with Gasteiger partial charge in [0, 0.05) is 13.7 Å². The summed E-state index contributed by atoms with van der Waals surface area (Å²) in [6.45, 7) is 6.66. The van der Waals surface area contributed by atoms with Crippen LogP contribution < -0.4 is 5.32 Å². The Hall–Kier alpha value is -1.30. The molecule has 0 fully saturated rings. The largest absolute Gasteiger partial charge is 0.481 e. The summed E-state index contributed by atoms with van der Waals surface area (Å²) in [5.74, 6) is -1.03. The van der Waals surface area contributed by atoms with Crippen molar-refractivity contribution >= 4 is 12.1 Å². The summed E-state index contributed by atoms with van der Waals surface area (Å²) >= 11 is 0. The molecule has 0 aliphatic heterocycles. The molecule has 0 spiro atoms. The van der Waals surface area contributed by atoms with Gasteiger partial charge in [0.05, 0.1) is 6.61 Å². The molecule has 0 heterocycles. The van der Waals surface area contributed by atoms with E-state index in [2.05, 4.69) is 5.32 Å². The molecule has 1 amide bonds. The predicted octanol–water partition coefficient (Wildman–Crippen LogP) is 1.25. The molecule has 0 bridgehead atoms. The number of rotatable bonds is 5. The number of hydrogen-bond acceptors (Lipinski definition) is 4. The van der Waals surface area contributed by atoms with Gasteiger partial charge in [-0.3, -0.25) is 4.79 Å². The van der Waals surface area contributed by atoms with Crippen molar-refractivity contribution in [1.29, 1.82) is 0 Å². The summed E-state index contributed by atoms with van der Waals surface area (Å²) in [6.07, 6.45) is -0.638. The topological polar surface area (TPSA) is 84.9 Å². The number of ether oxygens (including phenoxy) is 2. The lowest BCUT2D eigenvalue weighted by Gasteiger charge is -2.25. The van der Waals surface area contributed by atoms with Crippen molar-refractivity contribution < 1.29 is 24.2 Å². The Labute approximate surface area is 101 Å². The quantitative estimate of drug-likeness (QED) is 0.763. The van der Waals surface area contributed by atoms with E-state index in [0.717, 1.165) is 0 Å². The van der Waals surface area contributed by atoms with E-state index in [1.807, 2.05) is 0 Å². The van der Waals surface area contributed by atoms with Crippen LogP contribution in [0.5, 0.6) is 0 Å². The maximum absolute atomic E-state index is 11.4. The number of carbonyl (C=O) groups is 2. The number of carboxylic acid groups (broad SMARTS) is 1. The molecule has 6 heteroatoms. The molecule has 0 aromatic heterocycles. The highest BCUT2D eigenvalue weighted by atomic mass is 16.6. The summed E-state index contributed by atoms with van der Waals surface area (Å²) in [5, 5.41) is 11.5. The van der Waals surface area contributed by atoms with Gasteiger partial charge in [-0.2, -0.15) is 0 Å². The Morgan fingerprint density at radius 1 is 1.24 bits per heavy atom. The highest BCUT2D eigenvalue weighted by Crippen LogP contribution is 2.16. The first-order valence-electron chi connectivity index (χ1n) is 5.30. The van der Waals surface area contributed by atoms with Gasteiger partial charge in [0.1, 0.15) is 11.0 Å². The first-order valence-corrected chi connectivity index (χ1v) is 5.30. The van der Waals surface area contributed by atoms with Gasteiger partial charge < -0.3 is 19.9 Å². The number of amides is 1. The fourth-order valence-electron chi connectivity index (χ4n) is 1.09. The molecule has 0 aliphatic rings. The Morgan fingerprint density at radius 3 is 2.12 bits per heavy atom. The third-order valence-corrected chi connectivity index (χ3v) is 2.00. The minimum atomic E-state index is -1.16. The van der Waals surface area contributed by atoms with Crippen LogP contribution in [0.25, 0.3) is 0 Å². The standard InChI is InChI=1S/C11H21NO5/c1-10(2,3)17-9(15)12-6-11(4,7-16-5)8(13)14/h6-7H2,1-5H3,(H,12,15)(H,13,14). The zero-order chi connectivity index (χ0) is 13.7. The van der Waals surface area contributed by atoms with Crippen LogP contribution in [0.15, 0.2) is 0 Å². The third kappa shape index (κ3) is 6.11. The van der Waals surface area contributed by atoms with Crippen molar-refractivity contribution in [2.75, 3.05) is 20.3 Å². The number of hydrogen-bond donors (Lipinski definition) is 2. The van der Waals surface area contributed by atoms with Gasteiger partial charge in [0.2, 0.25) is 0 Å². The van der Waals surface area contributed by atoms with E-state index in [1.165, 1.54) is 14.0 Å². The lowest BCUT2D eigenvalue weighted by Crippen LogP contribution is -2.45. The molecule has 1 unspecified atom stereocenters. The van der Waals surface area contributed by atoms with E-state index in [-0.39, 0.29) is 13.2 Å². The van der Waals surface area contributed by atoms with Gasteiger partial charge in [0.15, 0.2) is 0 Å². The smallest absolute Gasteiger partial charge is 0.407 e. The van der Waals surface area contributed by atoms with Gasteiger partial charge in [-0.05, 0) is 27.7 Å². The molecule has 0 radical (unpaired) electrons. The fourth-order valence-corrected chi connectivity index (χ4v) is 1.09. The second-order valence-electron chi connectivity index (χ2n) is 5.15. The first-order chi connectivity index (χ1) is 7.60. The van der Waals surface area contributed by atoms with Crippen LogP contribution in [-0.2, 0) is 14.3 Å². The van der Waals surface area contributed by atoms with Gasteiger partial charge in [0.25, 0.3) is 0 Å². The zero-order valence-electron chi connectivity index (χ0n) is 11.0. The molecule has 0 saturated heterocycles. The minimum absolute atomic E-state index is 0.0120. The van der Waals surface area contributed by atoms with E-state index in [9.17, 15) is 9.59 Å².